The van der Waals surface area contributed by atoms with Crippen molar-refractivity contribution in [3.63, 3.8) is 0 Å². The molecule has 0 unspecified atom stereocenters. The number of rotatable bonds is 4. The first-order valence-corrected chi connectivity index (χ1v) is 6.46. The molecule has 94 valence electrons. The first-order valence-electron chi connectivity index (χ1n) is 4.97. The van der Waals surface area contributed by atoms with Crippen molar-refractivity contribution in [2.45, 2.75) is 17.9 Å². The molecule has 0 aromatic heterocycles. The molecule has 0 aliphatic heterocycles. The minimum atomic E-state index is -3.61. The number of carbonyl (C=O) groups excluding carboxylic acids is 1. The maximum absolute atomic E-state index is 11.7. The van der Waals surface area contributed by atoms with Gasteiger partial charge < -0.3 is 11.1 Å². The van der Waals surface area contributed by atoms with Crippen LogP contribution in [0.25, 0.3) is 0 Å². The van der Waals surface area contributed by atoms with Gasteiger partial charge in [0.1, 0.15) is 4.90 Å². The maximum atomic E-state index is 11.7. The van der Waals surface area contributed by atoms with Crippen LogP contribution < -0.4 is 15.8 Å². The molecule has 0 heterocycles. The minimum absolute atomic E-state index is 0.0106. The number of hydrogen-bond acceptors (Lipinski definition) is 4. The zero-order chi connectivity index (χ0) is 13.1. The molecule has 7 heteroatoms. The van der Waals surface area contributed by atoms with E-state index in [1.165, 1.54) is 26.1 Å². The van der Waals surface area contributed by atoms with Gasteiger partial charge in [-0.3, -0.25) is 4.79 Å². The largest absolute Gasteiger partial charge is 0.324 e. The van der Waals surface area contributed by atoms with E-state index >= 15 is 0 Å². The summed E-state index contributed by atoms with van der Waals surface area (Å²) < 4.78 is 25.5. The molecule has 0 spiro atoms. The van der Waals surface area contributed by atoms with Crippen molar-refractivity contribution in [2.24, 2.45) is 5.73 Å². The molecule has 6 nitrogen and oxygen atoms in total. The van der Waals surface area contributed by atoms with Crippen molar-refractivity contribution >= 4 is 21.6 Å². The number of benzene rings is 1. The fraction of sp³-hybridized carbons (Fsp3) is 0.300. The van der Waals surface area contributed by atoms with E-state index in [0.717, 1.165) is 0 Å². The summed E-state index contributed by atoms with van der Waals surface area (Å²) >= 11 is 0. The fourth-order valence-corrected chi connectivity index (χ4v) is 2.05. The van der Waals surface area contributed by atoms with E-state index in [0.29, 0.717) is 0 Å². The molecular formula is C10H15N3O3S. The Hall–Kier alpha value is -1.44. The third-order valence-corrected chi connectivity index (χ3v) is 3.59. The second-order valence-electron chi connectivity index (χ2n) is 3.48. The summed E-state index contributed by atoms with van der Waals surface area (Å²) in [6, 6.07) is 5.41. The van der Waals surface area contributed by atoms with E-state index in [4.69, 9.17) is 5.73 Å². The number of nitrogens with one attached hydrogen (secondary N) is 2. The summed E-state index contributed by atoms with van der Waals surface area (Å²) in [6.07, 6.45) is 0. The van der Waals surface area contributed by atoms with E-state index in [-0.39, 0.29) is 10.6 Å². The molecule has 0 aliphatic rings. The van der Waals surface area contributed by atoms with Gasteiger partial charge >= 0.3 is 0 Å². The quantitative estimate of drug-likeness (QED) is 0.700. The van der Waals surface area contributed by atoms with E-state index in [9.17, 15) is 13.2 Å². The van der Waals surface area contributed by atoms with Crippen molar-refractivity contribution < 1.29 is 13.2 Å². The second-order valence-corrected chi connectivity index (χ2v) is 5.34. The van der Waals surface area contributed by atoms with Crippen LogP contribution in [0.5, 0.6) is 0 Å². The Morgan fingerprint density at radius 1 is 1.35 bits per heavy atom. The Morgan fingerprint density at radius 3 is 2.47 bits per heavy atom. The molecule has 4 N–H and O–H groups in total. The monoisotopic (exact) mass is 257 g/mol. The van der Waals surface area contributed by atoms with E-state index in [1.807, 2.05) is 0 Å². The molecule has 1 aromatic carbocycles. The average molecular weight is 257 g/mol. The van der Waals surface area contributed by atoms with Crippen molar-refractivity contribution in [1.82, 2.24) is 4.72 Å². The Bertz CT molecular complexity index is 511. The van der Waals surface area contributed by atoms with Gasteiger partial charge in [-0.1, -0.05) is 12.1 Å². The van der Waals surface area contributed by atoms with Gasteiger partial charge in [-0.05, 0) is 26.1 Å². The molecule has 0 aliphatic carbocycles. The van der Waals surface area contributed by atoms with Crippen molar-refractivity contribution in [3.8, 4) is 0 Å². The van der Waals surface area contributed by atoms with Crippen molar-refractivity contribution in [3.05, 3.63) is 24.3 Å². The molecule has 1 aromatic rings. The third-order valence-electron chi connectivity index (χ3n) is 2.12. The predicted octanol–water partition coefficient (Wildman–Crippen LogP) is -0.120. The zero-order valence-electron chi connectivity index (χ0n) is 9.60. The first kappa shape index (κ1) is 13.6. The summed E-state index contributed by atoms with van der Waals surface area (Å²) in [6.45, 7) is 1.52. The molecule has 1 amide bonds. The number of sulfonamides is 1. The van der Waals surface area contributed by atoms with Gasteiger partial charge in [-0.15, -0.1) is 0 Å². The SMILES string of the molecule is CNS(=O)(=O)c1ccccc1NC(=O)[C@@H](C)N. The van der Waals surface area contributed by atoms with E-state index < -0.39 is 22.0 Å². The lowest BCUT2D eigenvalue weighted by molar-refractivity contribution is -0.117. The van der Waals surface area contributed by atoms with Gasteiger partial charge in [-0.2, -0.15) is 0 Å². The van der Waals surface area contributed by atoms with Crippen LogP contribution in [0, 0.1) is 0 Å². The van der Waals surface area contributed by atoms with Crippen LogP contribution in [0.1, 0.15) is 6.92 Å². The highest BCUT2D eigenvalue weighted by Gasteiger charge is 2.18. The highest BCUT2D eigenvalue weighted by Crippen LogP contribution is 2.20. The van der Waals surface area contributed by atoms with Crippen LogP contribution in [0.4, 0.5) is 5.69 Å². The summed E-state index contributed by atoms with van der Waals surface area (Å²) in [5.74, 6) is -0.441. The van der Waals surface area contributed by atoms with E-state index in [2.05, 4.69) is 10.0 Å². The highest BCUT2D eigenvalue weighted by molar-refractivity contribution is 7.89. The number of anilines is 1. The average Bonchev–Trinajstić information content (AvgIpc) is 2.29. The van der Waals surface area contributed by atoms with Gasteiger partial charge in [0.25, 0.3) is 0 Å². The van der Waals surface area contributed by atoms with Crippen molar-refractivity contribution in [1.29, 1.82) is 0 Å². The Balaban J connectivity index is 3.14. The molecule has 0 fully saturated rings. The van der Waals surface area contributed by atoms with Crippen LogP contribution in [-0.4, -0.2) is 27.4 Å². The highest BCUT2D eigenvalue weighted by atomic mass is 32.2. The summed E-state index contributed by atoms with van der Waals surface area (Å²) in [5, 5.41) is 2.47. The number of carbonyl (C=O) groups is 1. The van der Waals surface area contributed by atoms with Gasteiger partial charge in [-0.25, -0.2) is 13.1 Å². The Labute approximate surface area is 100 Å². The summed E-state index contributed by atoms with van der Waals surface area (Å²) in [7, 11) is -2.30. The number of nitrogens with two attached hydrogens (primary N) is 1. The Morgan fingerprint density at radius 2 is 1.94 bits per heavy atom. The molecule has 17 heavy (non-hydrogen) atoms. The molecule has 0 radical (unpaired) electrons. The third kappa shape index (κ3) is 3.26. The van der Waals surface area contributed by atoms with Crippen LogP contribution >= 0.6 is 0 Å². The van der Waals surface area contributed by atoms with Crippen LogP contribution in [0.2, 0.25) is 0 Å². The lowest BCUT2D eigenvalue weighted by Gasteiger charge is -2.12. The number of amides is 1. The predicted molar refractivity (Wildman–Crippen MR) is 65.0 cm³/mol. The topological polar surface area (TPSA) is 101 Å². The summed E-state index contributed by atoms with van der Waals surface area (Å²) in [5.41, 5.74) is 5.61. The summed E-state index contributed by atoms with van der Waals surface area (Å²) in [4.78, 5) is 11.4. The first-order chi connectivity index (χ1) is 7.88. The zero-order valence-corrected chi connectivity index (χ0v) is 10.4. The smallest absolute Gasteiger partial charge is 0.242 e. The molecule has 1 atom stereocenters. The minimum Gasteiger partial charge on any atom is -0.324 e. The fourth-order valence-electron chi connectivity index (χ4n) is 1.16. The normalized spacial score (nSPS) is 13.1. The Kier molecular flexibility index (Phi) is 4.22. The molecule has 0 saturated carbocycles. The van der Waals surface area contributed by atoms with Gasteiger partial charge in [0.2, 0.25) is 15.9 Å². The van der Waals surface area contributed by atoms with Crippen LogP contribution in [0.15, 0.2) is 29.2 Å². The second kappa shape index (κ2) is 5.26. The van der Waals surface area contributed by atoms with Crippen LogP contribution in [0.3, 0.4) is 0 Å². The van der Waals surface area contributed by atoms with Crippen LogP contribution in [-0.2, 0) is 14.8 Å². The number of hydrogen-bond donors (Lipinski definition) is 3. The maximum Gasteiger partial charge on any atom is 0.242 e. The number of para-hydroxylation sites is 1. The van der Waals surface area contributed by atoms with E-state index in [1.54, 1.807) is 12.1 Å². The standard InChI is InChI=1S/C10H15N3O3S/c1-7(11)10(14)13-8-5-3-4-6-9(8)17(15,16)12-2/h3-7,12H,11H2,1-2H3,(H,13,14)/t7-/m1/s1. The van der Waals surface area contributed by atoms with Gasteiger partial charge in [0.15, 0.2) is 0 Å². The molecular weight excluding hydrogens is 242 g/mol. The van der Waals surface area contributed by atoms with Crippen molar-refractivity contribution in [2.75, 3.05) is 12.4 Å². The molecule has 1 rings (SSSR count). The molecule has 0 bridgehead atoms. The van der Waals surface area contributed by atoms with Gasteiger partial charge in [0.05, 0.1) is 11.7 Å². The molecule has 0 saturated heterocycles. The lowest BCUT2D eigenvalue weighted by atomic mass is 10.3. The lowest BCUT2D eigenvalue weighted by Crippen LogP contribution is -2.33. The van der Waals surface area contributed by atoms with Gasteiger partial charge in [0, 0.05) is 0 Å².